The Hall–Kier alpha value is -1.50. The van der Waals surface area contributed by atoms with Crippen LogP contribution in [0.3, 0.4) is 0 Å². The van der Waals surface area contributed by atoms with E-state index in [2.05, 4.69) is 10.4 Å². The normalized spacial score (nSPS) is 16.7. The quantitative estimate of drug-likeness (QED) is 0.843. The molecular weight excluding hydrogens is 264 g/mol. The maximum atomic E-state index is 11.8. The van der Waals surface area contributed by atoms with Gasteiger partial charge in [0.25, 0.3) is 5.24 Å². The van der Waals surface area contributed by atoms with E-state index in [9.17, 15) is 9.59 Å². The Morgan fingerprint density at radius 3 is 3.11 bits per heavy atom. The second kappa shape index (κ2) is 6.60. The molecule has 19 heavy (non-hydrogen) atoms. The average molecular weight is 282 g/mol. The Balaban J connectivity index is 1.67. The number of amides is 2. The van der Waals surface area contributed by atoms with Crippen LogP contribution in [0.15, 0.2) is 18.5 Å². The van der Waals surface area contributed by atoms with Gasteiger partial charge in [-0.2, -0.15) is 5.10 Å². The van der Waals surface area contributed by atoms with E-state index in [0.29, 0.717) is 19.5 Å². The number of carbonyl (C=O) groups is 2. The third-order valence-electron chi connectivity index (χ3n) is 2.88. The molecule has 1 N–H and O–H groups in total. The molecule has 2 rings (SSSR count). The van der Waals surface area contributed by atoms with Crippen molar-refractivity contribution in [1.29, 1.82) is 0 Å². The summed E-state index contributed by atoms with van der Waals surface area (Å²) in [5, 5.41) is 7.09. The summed E-state index contributed by atoms with van der Waals surface area (Å²) < 4.78 is 1.78. The molecule has 1 saturated heterocycles. The molecule has 0 bridgehead atoms. The molecule has 2 amide bonds. The average Bonchev–Trinajstić information content (AvgIpc) is 2.98. The van der Waals surface area contributed by atoms with Crippen LogP contribution in [0.4, 0.5) is 4.79 Å². The van der Waals surface area contributed by atoms with Crippen molar-refractivity contribution in [3.05, 3.63) is 18.5 Å². The van der Waals surface area contributed by atoms with Crippen molar-refractivity contribution in [2.24, 2.45) is 0 Å². The number of rotatable bonds is 6. The summed E-state index contributed by atoms with van der Waals surface area (Å²) in [6, 6.07) is 1.88. The van der Waals surface area contributed by atoms with Crippen molar-refractivity contribution < 1.29 is 9.59 Å². The second-order valence-corrected chi connectivity index (χ2v) is 5.59. The van der Waals surface area contributed by atoms with Crippen molar-refractivity contribution >= 4 is 22.9 Å². The van der Waals surface area contributed by atoms with Crippen molar-refractivity contribution in [2.75, 3.05) is 18.8 Å². The van der Waals surface area contributed by atoms with Crippen LogP contribution in [0.25, 0.3) is 0 Å². The zero-order valence-corrected chi connectivity index (χ0v) is 11.7. The third kappa shape index (κ3) is 4.27. The Kier molecular flexibility index (Phi) is 4.84. The van der Waals surface area contributed by atoms with E-state index in [1.807, 2.05) is 19.2 Å². The van der Waals surface area contributed by atoms with E-state index in [4.69, 9.17) is 0 Å². The molecule has 1 fully saturated rings. The van der Waals surface area contributed by atoms with Crippen LogP contribution < -0.4 is 5.32 Å². The zero-order chi connectivity index (χ0) is 13.7. The largest absolute Gasteiger partial charge is 0.352 e. The maximum absolute atomic E-state index is 11.8. The SMILES string of the molecule is CC(Cn1cccn1)NC(=O)CCN1CCSC1=O. The van der Waals surface area contributed by atoms with Crippen LogP contribution in [0.1, 0.15) is 13.3 Å². The second-order valence-electron chi connectivity index (χ2n) is 4.55. The zero-order valence-electron chi connectivity index (χ0n) is 10.9. The molecule has 1 aromatic heterocycles. The van der Waals surface area contributed by atoms with Crippen LogP contribution >= 0.6 is 11.8 Å². The van der Waals surface area contributed by atoms with Gasteiger partial charge in [-0.25, -0.2) is 0 Å². The topological polar surface area (TPSA) is 67.2 Å². The Labute approximate surface area is 116 Å². The van der Waals surface area contributed by atoms with Gasteiger partial charge in [-0.15, -0.1) is 0 Å². The van der Waals surface area contributed by atoms with Gasteiger partial charge >= 0.3 is 0 Å². The van der Waals surface area contributed by atoms with Gasteiger partial charge in [0, 0.05) is 43.7 Å². The van der Waals surface area contributed by atoms with E-state index in [1.54, 1.807) is 15.8 Å². The summed E-state index contributed by atoms with van der Waals surface area (Å²) in [6.45, 7) is 3.85. The van der Waals surface area contributed by atoms with Gasteiger partial charge in [0.1, 0.15) is 0 Å². The summed E-state index contributed by atoms with van der Waals surface area (Å²) in [4.78, 5) is 24.9. The molecule has 1 aromatic rings. The van der Waals surface area contributed by atoms with Gasteiger partial charge in [0.15, 0.2) is 0 Å². The van der Waals surface area contributed by atoms with Crippen LogP contribution in [0, 0.1) is 0 Å². The molecule has 104 valence electrons. The Bertz CT molecular complexity index is 435. The minimum absolute atomic E-state index is 0.0237. The van der Waals surface area contributed by atoms with E-state index < -0.39 is 0 Å². The highest BCUT2D eigenvalue weighted by atomic mass is 32.2. The molecule has 7 heteroatoms. The van der Waals surface area contributed by atoms with Gasteiger partial charge in [-0.05, 0) is 13.0 Å². The summed E-state index contributed by atoms with van der Waals surface area (Å²) in [5.41, 5.74) is 0. The molecule has 0 aliphatic carbocycles. The molecule has 1 atom stereocenters. The molecule has 0 aromatic carbocycles. The first-order valence-corrected chi connectivity index (χ1v) is 7.32. The minimum Gasteiger partial charge on any atom is -0.352 e. The molecule has 1 unspecified atom stereocenters. The molecule has 1 aliphatic rings. The number of hydrogen-bond donors (Lipinski definition) is 1. The summed E-state index contributed by atoms with van der Waals surface area (Å²) in [7, 11) is 0. The number of aromatic nitrogens is 2. The fraction of sp³-hybridized carbons (Fsp3) is 0.583. The van der Waals surface area contributed by atoms with Crippen LogP contribution in [-0.2, 0) is 11.3 Å². The standard InChI is InChI=1S/C12H18N4O2S/c1-10(9-16-5-2-4-13-16)14-11(17)3-6-15-7-8-19-12(15)18/h2,4-5,10H,3,6-9H2,1H3,(H,14,17). The van der Waals surface area contributed by atoms with Gasteiger partial charge < -0.3 is 10.2 Å². The number of nitrogens with one attached hydrogen (secondary N) is 1. The lowest BCUT2D eigenvalue weighted by Crippen LogP contribution is -2.38. The van der Waals surface area contributed by atoms with E-state index in [1.165, 1.54) is 11.8 Å². The highest BCUT2D eigenvalue weighted by Crippen LogP contribution is 2.16. The predicted molar refractivity (Wildman–Crippen MR) is 73.9 cm³/mol. The van der Waals surface area contributed by atoms with Crippen molar-refractivity contribution in [3.63, 3.8) is 0 Å². The molecular formula is C12H18N4O2S. The molecule has 0 radical (unpaired) electrons. The minimum atomic E-state index is -0.0237. The number of carbonyl (C=O) groups excluding carboxylic acids is 2. The first-order valence-electron chi connectivity index (χ1n) is 6.33. The first kappa shape index (κ1) is 13.9. The van der Waals surface area contributed by atoms with E-state index in [0.717, 1.165) is 12.3 Å². The molecule has 1 aliphatic heterocycles. The monoisotopic (exact) mass is 282 g/mol. The Morgan fingerprint density at radius 2 is 2.47 bits per heavy atom. The van der Waals surface area contributed by atoms with E-state index >= 15 is 0 Å². The smallest absolute Gasteiger partial charge is 0.281 e. The highest BCUT2D eigenvalue weighted by Gasteiger charge is 2.21. The summed E-state index contributed by atoms with van der Waals surface area (Å²) in [5.74, 6) is 0.806. The number of thioether (sulfide) groups is 1. The van der Waals surface area contributed by atoms with Crippen molar-refractivity contribution in [1.82, 2.24) is 20.0 Å². The first-order chi connectivity index (χ1) is 9.15. The van der Waals surface area contributed by atoms with Crippen molar-refractivity contribution in [3.8, 4) is 0 Å². The molecule has 0 spiro atoms. The summed E-state index contributed by atoms with van der Waals surface area (Å²) >= 11 is 1.32. The van der Waals surface area contributed by atoms with Gasteiger partial charge in [0.05, 0.1) is 6.54 Å². The van der Waals surface area contributed by atoms with Gasteiger partial charge in [0.2, 0.25) is 5.91 Å². The molecule has 2 heterocycles. The lowest BCUT2D eigenvalue weighted by atomic mass is 10.3. The van der Waals surface area contributed by atoms with E-state index in [-0.39, 0.29) is 17.2 Å². The van der Waals surface area contributed by atoms with Gasteiger partial charge in [-0.1, -0.05) is 11.8 Å². The van der Waals surface area contributed by atoms with Crippen molar-refractivity contribution in [2.45, 2.75) is 25.9 Å². The predicted octanol–water partition coefficient (Wildman–Crippen LogP) is 0.947. The number of nitrogens with zero attached hydrogens (tertiary/aromatic N) is 3. The maximum Gasteiger partial charge on any atom is 0.281 e. The fourth-order valence-electron chi connectivity index (χ4n) is 1.95. The summed E-state index contributed by atoms with van der Waals surface area (Å²) in [6.07, 6.45) is 3.93. The fourth-order valence-corrected chi connectivity index (χ4v) is 2.80. The highest BCUT2D eigenvalue weighted by molar-refractivity contribution is 8.13. The molecule has 0 saturated carbocycles. The Morgan fingerprint density at radius 1 is 1.63 bits per heavy atom. The van der Waals surface area contributed by atoms with Gasteiger partial charge in [-0.3, -0.25) is 14.3 Å². The lowest BCUT2D eigenvalue weighted by molar-refractivity contribution is -0.121. The lowest BCUT2D eigenvalue weighted by Gasteiger charge is -2.17. The van der Waals surface area contributed by atoms with Crippen LogP contribution in [0.5, 0.6) is 0 Å². The van der Waals surface area contributed by atoms with Crippen LogP contribution in [-0.4, -0.2) is 50.7 Å². The van der Waals surface area contributed by atoms with Crippen LogP contribution in [0.2, 0.25) is 0 Å². The molecule has 6 nitrogen and oxygen atoms in total. The third-order valence-corrected chi connectivity index (χ3v) is 3.77. The number of hydrogen-bond acceptors (Lipinski definition) is 4.